The summed E-state index contributed by atoms with van der Waals surface area (Å²) < 4.78 is 22.0. The standard InChI is InChI=1S/C31H37ClFN5O2/c1-20-8-4-5-9-21(20)16-24(39)12-13-25-27(32)17-26-29(28(25)33)35-31(40-15-7-6-14-37(2)3)36-30(26)38-18-22-10-11-23(19-38)34-22/h4-5,8-9,12-13,16-17,22-23,34,39H,6-7,10-11,14-15,18-19H2,1-3H3/b13-12+,24-16+. The van der Waals surface area contributed by atoms with E-state index in [2.05, 4.69) is 20.1 Å². The SMILES string of the molecule is Cc1ccccc1/C=C(O)\C=C\c1c(Cl)cc2c(N3CC4CCC(C3)N4)nc(OCCCCN(C)C)nc2c1F. The first-order valence-electron chi connectivity index (χ1n) is 13.9. The maximum absolute atomic E-state index is 16.1. The number of anilines is 1. The van der Waals surface area contributed by atoms with Crippen molar-refractivity contribution in [3.05, 3.63) is 69.7 Å². The number of benzene rings is 2. The second-order valence-corrected chi connectivity index (χ2v) is 11.4. The highest BCUT2D eigenvalue weighted by Crippen LogP contribution is 2.36. The van der Waals surface area contributed by atoms with E-state index in [9.17, 15) is 5.11 Å². The van der Waals surface area contributed by atoms with Gasteiger partial charge in [-0.3, -0.25) is 0 Å². The Morgan fingerprint density at radius 2 is 1.95 bits per heavy atom. The van der Waals surface area contributed by atoms with E-state index in [4.69, 9.17) is 21.3 Å². The molecule has 40 heavy (non-hydrogen) atoms. The number of ether oxygens (including phenoxy) is 1. The Balaban J connectivity index is 1.48. The van der Waals surface area contributed by atoms with E-state index in [1.807, 2.05) is 45.3 Å². The summed E-state index contributed by atoms with van der Waals surface area (Å²) >= 11 is 6.63. The molecule has 2 atom stereocenters. The van der Waals surface area contributed by atoms with Gasteiger partial charge >= 0.3 is 6.01 Å². The zero-order chi connectivity index (χ0) is 28.2. The number of aliphatic hydroxyl groups is 1. The van der Waals surface area contributed by atoms with Crippen LogP contribution in [-0.2, 0) is 0 Å². The van der Waals surface area contributed by atoms with Crippen molar-refractivity contribution in [3.8, 4) is 6.01 Å². The van der Waals surface area contributed by atoms with Crippen LogP contribution in [0, 0.1) is 12.7 Å². The molecule has 2 bridgehead atoms. The van der Waals surface area contributed by atoms with Crippen molar-refractivity contribution in [2.45, 2.75) is 44.7 Å². The molecule has 2 aliphatic heterocycles. The Morgan fingerprint density at radius 1 is 1.20 bits per heavy atom. The highest BCUT2D eigenvalue weighted by Gasteiger charge is 2.34. The van der Waals surface area contributed by atoms with Crippen LogP contribution in [0.25, 0.3) is 23.1 Å². The van der Waals surface area contributed by atoms with Gasteiger partial charge in [-0.05, 0) is 88.7 Å². The number of aryl methyl sites for hydroxylation is 1. The van der Waals surface area contributed by atoms with Gasteiger partial charge in [-0.2, -0.15) is 9.97 Å². The number of unbranched alkanes of at least 4 members (excludes halogenated alkanes) is 1. The Morgan fingerprint density at radius 3 is 2.67 bits per heavy atom. The number of hydrogen-bond donors (Lipinski definition) is 2. The molecule has 5 rings (SSSR count). The van der Waals surface area contributed by atoms with Gasteiger partial charge in [-0.1, -0.05) is 35.9 Å². The zero-order valence-corrected chi connectivity index (χ0v) is 24.1. The average molecular weight is 566 g/mol. The minimum atomic E-state index is -0.568. The van der Waals surface area contributed by atoms with Crippen LogP contribution in [0.4, 0.5) is 10.2 Å². The summed E-state index contributed by atoms with van der Waals surface area (Å²) in [7, 11) is 4.08. The van der Waals surface area contributed by atoms with Crippen LogP contribution in [0.15, 0.2) is 42.2 Å². The lowest BCUT2D eigenvalue weighted by Crippen LogP contribution is -2.51. The molecule has 2 unspecified atom stereocenters. The van der Waals surface area contributed by atoms with E-state index in [0.29, 0.717) is 29.9 Å². The second-order valence-electron chi connectivity index (χ2n) is 11.0. The largest absolute Gasteiger partial charge is 0.508 e. The molecule has 0 amide bonds. The van der Waals surface area contributed by atoms with E-state index in [1.165, 1.54) is 12.2 Å². The number of fused-ring (bicyclic) bond motifs is 3. The molecule has 2 saturated heterocycles. The van der Waals surface area contributed by atoms with E-state index in [1.54, 1.807) is 12.1 Å². The van der Waals surface area contributed by atoms with Gasteiger partial charge in [-0.15, -0.1) is 0 Å². The van der Waals surface area contributed by atoms with Gasteiger partial charge in [0.05, 0.1) is 11.6 Å². The fourth-order valence-corrected chi connectivity index (χ4v) is 5.68. The van der Waals surface area contributed by atoms with Crippen LogP contribution in [-0.4, -0.2) is 72.4 Å². The van der Waals surface area contributed by atoms with Crippen LogP contribution in [0.1, 0.15) is 42.4 Å². The Labute approximate surface area is 240 Å². The molecular formula is C31H37ClFN5O2. The first-order chi connectivity index (χ1) is 19.3. The predicted molar refractivity (Wildman–Crippen MR) is 161 cm³/mol. The number of nitrogens with one attached hydrogen (secondary N) is 1. The van der Waals surface area contributed by atoms with Crippen molar-refractivity contribution in [1.82, 2.24) is 20.2 Å². The maximum atomic E-state index is 16.1. The Hall–Kier alpha value is -3.20. The molecule has 2 N–H and O–H groups in total. The first kappa shape index (κ1) is 28.3. The van der Waals surface area contributed by atoms with Crippen LogP contribution < -0.4 is 15.0 Å². The summed E-state index contributed by atoms with van der Waals surface area (Å²) in [6.07, 6.45) is 8.62. The van der Waals surface area contributed by atoms with Gasteiger partial charge in [0, 0.05) is 36.1 Å². The molecule has 9 heteroatoms. The van der Waals surface area contributed by atoms with Gasteiger partial charge in [-0.25, -0.2) is 4.39 Å². The number of nitrogens with zero attached hydrogens (tertiary/aromatic N) is 4. The molecule has 2 aromatic carbocycles. The van der Waals surface area contributed by atoms with E-state index in [0.717, 1.165) is 56.4 Å². The molecule has 3 aromatic rings. The van der Waals surface area contributed by atoms with Crippen LogP contribution >= 0.6 is 11.6 Å². The summed E-state index contributed by atoms with van der Waals surface area (Å²) in [6, 6.07) is 10.4. The molecule has 0 spiro atoms. The number of aromatic nitrogens is 2. The third-order valence-electron chi connectivity index (χ3n) is 7.54. The smallest absolute Gasteiger partial charge is 0.319 e. The third kappa shape index (κ3) is 6.57. The molecule has 0 radical (unpaired) electrons. The molecule has 2 aliphatic rings. The van der Waals surface area contributed by atoms with E-state index in [-0.39, 0.29) is 27.9 Å². The lowest BCUT2D eigenvalue weighted by Gasteiger charge is -2.34. The number of rotatable bonds is 10. The number of piperazine rings is 1. The van der Waals surface area contributed by atoms with Crippen molar-refractivity contribution < 1.29 is 14.2 Å². The number of hydrogen-bond acceptors (Lipinski definition) is 7. The monoisotopic (exact) mass is 565 g/mol. The minimum Gasteiger partial charge on any atom is -0.508 e. The molecule has 1 aromatic heterocycles. The summed E-state index contributed by atoms with van der Waals surface area (Å²) in [4.78, 5) is 13.6. The molecular weight excluding hydrogens is 529 g/mol. The van der Waals surface area contributed by atoms with E-state index >= 15 is 4.39 Å². The fourth-order valence-electron chi connectivity index (χ4n) is 5.42. The Bertz CT molecular complexity index is 1410. The fraction of sp³-hybridized carbons (Fsp3) is 0.419. The van der Waals surface area contributed by atoms with Gasteiger partial charge in [0.25, 0.3) is 0 Å². The van der Waals surface area contributed by atoms with Gasteiger partial charge in [0.2, 0.25) is 0 Å². The third-order valence-corrected chi connectivity index (χ3v) is 7.85. The summed E-state index contributed by atoms with van der Waals surface area (Å²) in [6.45, 7) is 4.94. The lowest BCUT2D eigenvalue weighted by atomic mass is 10.1. The maximum Gasteiger partial charge on any atom is 0.319 e. The summed E-state index contributed by atoms with van der Waals surface area (Å²) in [5.74, 6) is 0.0678. The van der Waals surface area contributed by atoms with Crippen molar-refractivity contribution in [2.24, 2.45) is 0 Å². The zero-order valence-electron chi connectivity index (χ0n) is 23.3. The van der Waals surface area contributed by atoms with Gasteiger partial charge in [0.1, 0.15) is 17.1 Å². The minimum absolute atomic E-state index is 0.00808. The van der Waals surface area contributed by atoms with Crippen molar-refractivity contribution in [3.63, 3.8) is 0 Å². The molecule has 7 nitrogen and oxygen atoms in total. The predicted octanol–water partition coefficient (Wildman–Crippen LogP) is 6.00. The first-order valence-corrected chi connectivity index (χ1v) is 14.3. The molecule has 2 fully saturated rings. The number of halogens is 2. The molecule has 212 valence electrons. The highest BCUT2D eigenvalue weighted by atomic mass is 35.5. The highest BCUT2D eigenvalue weighted by molar-refractivity contribution is 6.33. The second kappa shape index (κ2) is 12.5. The van der Waals surface area contributed by atoms with Crippen LogP contribution in [0.5, 0.6) is 6.01 Å². The average Bonchev–Trinajstić information content (AvgIpc) is 3.26. The van der Waals surface area contributed by atoms with Crippen molar-refractivity contribution in [1.29, 1.82) is 0 Å². The molecule has 3 heterocycles. The lowest BCUT2D eigenvalue weighted by molar-refractivity contribution is 0.274. The van der Waals surface area contributed by atoms with E-state index < -0.39 is 5.82 Å². The van der Waals surface area contributed by atoms with Crippen molar-refractivity contribution >= 4 is 40.5 Å². The Kier molecular flexibility index (Phi) is 8.88. The number of aliphatic hydroxyl groups excluding tert-OH is 1. The van der Waals surface area contributed by atoms with Gasteiger partial charge < -0.3 is 25.0 Å². The topological polar surface area (TPSA) is 73.8 Å². The quantitative estimate of drug-likeness (QED) is 0.177. The molecule has 0 aliphatic carbocycles. The summed E-state index contributed by atoms with van der Waals surface area (Å²) in [5.41, 5.74) is 2.22. The summed E-state index contributed by atoms with van der Waals surface area (Å²) in [5, 5.41) is 14.9. The normalized spacial score (nSPS) is 19.4. The molecule has 0 saturated carbocycles. The van der Waals surface area contributed by atoms with Crippen LogP contribution in [0.3, 0.4) is 0 Å². The number of allylic oxidation sites excluding steroid dienone is 1. The van der Waals surface area contributed by atoms with Crippen LogP contribution in [0.2, 0.25) is 5.02 Å². The van der Waals surface area contributed by atoms with Gasteiger partial charge in [0.15, 0.2) is 5.82 Å². The van der Waals surface area contributed by atoms with Crippen molar-refractivity contribution in [2.75, 3.05) is 45.2 Å².